The molecule has 0 saturated carbocycles. The Labute approximate surface area is 221 Å². The molecule has 194 valence electrons. The van der Waals surface area contributed by atoms with Gasteiger partial charge in [0.2, 0.25) is 5.78 Å². The number of aryl methyl sites for hydroxylation is 1. The maximum absolute atomic E-state index is 13.9. The van der Waals surface area contributed by atoms with Crippen molar-refractivity contribution in [3.63, 3.8) is 0 Å². The Balaban J connectivity index is 1.61. The molecular formula is C32H30O6. The lowest BCUT2D eigenvalue weighted by atomic mass is 9.81. The van der Waals surface area contributed by atoms with E-state index in [4.69, 9.17) is 13.9 Å². The van der Waals surface area contributed by atoms with E-state index in [2.05, 4.69) is 0 Å². The van der Waals surface area contributed by atoms with Gasteiger partial charge in [-0.05, 0) is 51.0 Å². The molecule has 6 heteroatoms. The highest BCUT2D eigenvalue weighted by Gasteiger charge is 2.36. The van der Waals surface area contributed by atoms with Gasteiger partial charge in [-0.1, -0.05) is 49.4 Å². The van der Waals surface area contributed by atoms with E-state index in [0.717, 1.165) is 5.56 Å². The molecule has 2 atom stereocenters. The van der Waals surface area contributed by atoms with Crippen LogP contribution in [0, 0.1) is 6.92 Å². The normalized spacial score (nSPS) is 14.4. The zero-order chi connectivity index (χ0) is 27.1. The third kappa shape index (κ3) is 4.45. The quantitative estimate of drug-likeness (QED) is 0.253. The Morgan fingerprint density at radius 1 is 0.816 bits per heavy atom. The number of rotatable bonds is 7. The molecule has 0 amide bonds. The van der Waals surface area contributed by atoms with Crippen LogP contribution in [-0.2, 0) is 11.3 Å². The van der Waals surface area contributed by atoms with E-state index in [-0.39, 0.29) is 57.2 Å². The number of hydrogen-bond donors (Lipinski definition) is 0. The molecular weight excluding hydrogens is 480 g/mol. The van der Waals surface area contributed by atoms with Crippen molar-refractivity contribution in [2.75, 3.05) is 0 Å². The number of carbonyl (C=O) groups is 2. The van der Waals surface area contributed by atoms with E-state index < -0.39 is 5.78 Å². The van der Waals surface area contributed by atoms with E-state index in [1.165, 1.54) is 6.07 Å². The van der Waals surface area contributed by atoms with E-state index >= 15 is 0 Å². The van der Waals surface area contributed by atoms with E-state index in [1.54, 1.807) is 31.2 Å². The Hall–Kier alpha value is -4.03. The van der Waals surface area contributed by atoms with E-state index in [1.807, 2.05) is 58.0 Å². The summed E-state index contributed by atoms with van der Waals surface area (Å²) in [6.07, 6.45) is -0.469. The predicted octanol–water partition coefficient (Wildman–Crippen LogP) is 6.37. The molecule has 0 N–H and O–H groups in total. The van der Waals surface area contributed by atoms with Crippen LogP contribution in [0.15, 0.2) is 69.9 Å². The van der Waals surface area contributed by atoms with Crippen LogP contribution in [0.4, 0.5) is 0 Å². The van der Waals surface area contributed by atoms with Gasteiger partial charge in [-0.3, -0.25) is 14.4 Å². The molecule has 38 heavy (non-hydrogen) atoms. The second-order valence-electron chi connectivity index (χ2n) is 10.1. The molecule has 1 aliphatic carbocycles. The third-order valence-electron chi connectivity index (χ3n) is 7.06. The summed E-state index contributed by atoms with van der Waals surface area (Å²) in [5.74, 6) is -0.237. The van der Waals surface area contributed by atoms with Crippen LogP contribution in [0.2, 0.25) is 0 Å². The summed E-state index contributed by atoms with van der Waals surface area (Å²) in [5, 5.41) is 0.296. The zero-order valence-corrected chi connectivity index (χ0v) is 22.2. The fourth-order valence-electron chi connectivity index (χ4n) is 4.93. The smallest absolute Gasteiger partial charge is 0.202 e. The maximum atomic E-state index is 13.9. The average Bonchev–Trinajstić information content (AvgIpc) is 2.89. The van der Waals surface area contributed by atoms with Crippen molar-refractivity contribution in [2.45, 2.75) is 59.4 Å². The fraction of sp³-hybridized carbons (Fsp3) is 0.281. The second-order valence-corrected chi connectivity index (χ2v) is 10.1. The van der Waals surface area contributed by atoms with Crippen LogP contribution in [-0.4, -0.2) is 23.8 Å². The first-order valence-electron chi connectivity index (χ1n) is 12.8. The highest BCUT2D eigenvalue weighted by molar-refractivity contribution is 6.32. The summed E-state index contributed by atoms with van der Waals surface area (Å²) in [4.78, 5) is 40.9. The molecule has 3 aromatic carbocycles. The van der Waals surface area contributed by atoms with Crippen LogP contribution >= 0.6 is 0 Å². The minimum atomic E-state index is -0.392. The van der Waals surface area contributed by atoms with Gasteiger partial charge in [-0.15, -0.1) is 0 Å². The van der Waals surface area contributed by atoms with Gasteiger partial charge >= 0.3 is 0 Å². The van der Waals surface area contributed by atoms with Gasteiger partial charge in [0.15, 0.2) is 11.2 Å². The number of benzene rings is 3. The van der Waals surface area contributed by atoms with Gasteiger partial charge in [0.1, 0.15) is 17.1 Å². The van der Waals surface area contributed by atoms with Crippen LogP contribution in [0.25, 0.3) is 11.0 Å². The molecule has 0 fully saturated rings. The number of hydrogen-bond acceptors (Lipinski definition) is 6. The summed E-state index contributed by atoms with van der Waals surface area (Å²) in [6.45, 7) is 9.72. The molecule has 1 aliphatic rings. The van der Waals surface area contributed by atoms with Crippen LogP contribution < -0.4 is 10.2 Å². The zero-order valence-electron chi connectivity index (χ0n) is 22.2. The molecule has 0 saturated heterocycles. The first kappa shape index (κ1) is 25.6. The van der Waals surface area contributed by atoms with Crippen LogP contribution in [0.1, 0.15) is 82.3 Å². The Morgan fingerprint density at radius 2 is 1.55 bits per heavy atom. The molecule has 1 aromatic heterocycles. The van der Waals surface area contributed by atoms with Gasteiger partial charge in [-0.2, -0.15) is 0 Å². The highest BCUT2D eigenvalue weighted by Crippen LogP contribution is 2.38. The van der Waals surface area contributed by atoms with Gasteiger partial charge in [0.25, 0.3) is 0 Å². The molecule has 0 bridgehead atoms. The lowest BCUT2D eigenvalue weighted by Crippen LogP contribution is -2.24. The number of ether oxygens (including phenoxy) is 2. The molecule has 0 spiro atoms. The molecule has 6 nitrogen and oxygen atoms in total. The minimum Gasteiger partial charge on any atom is -0.490 e. The standard InChI is InChI=1S/C32H30O6/c1-17(2)37-25-13-9-12-22-28(25)31(35)29-23(30(22)34)14-18(3)27-24(33)15-26(38-32(27)29)19(4)20(5)36-16-21-10-7-6-8-11-21/h6-15,17,19-20H,16H2,1-5H3/t19-,20+/m0/s1. The van der Waals surface area contributed by atoms with Gasteiger partial charge in [0.05, 0.1) is 35.3 Å². The first-order valence-corrected chi connectivity index (χ1v) is 12.8. The molecule has 4 aromatic rings. The Morgan fingerprint density at radius 3 is 2.26 bits per heavy atom. The molecule has 1 heterocycles. The average molecular weight is 511 g/mol. The monoisotopic (exact) mass is 510 g/mol. The topological polar surface area (TPSA) is 82.8 Å². The summed E-state index contributed by atoms with van der Waals surface area (Å²) < 4.78 is 18.3. The molecule has 0 aliphatic heterocycles. The van der Waals surface area contributed by atoms with Crippen molar-refractivity contribution in [2.24, 2.45) is 0 Å². The van der Waals surface area contributed by atoms with Gasteiger partial charge < -0.3 is 13.9 Å². The largest absolute Gasteiger partial charge is 0.490 e. The highest BCUT2D eigenvalue weighted by atomic mass is 16.5. The summed E-state index contributed by atoms with van der Waals surface area (Å²) in [6, 6.07) is 17.9. The van der Waals surface area contributed by atoms with E-state index in [0.29, 0.717) is 29.1 Å². The van der Waals surface area contributed by atoms with Gasteiger partial charge in [-0.25, -0.2) is 0 Å². The third-order valence-corrected chi connectivity index (χ3v) is 7.06. The number of ketones is 2. The SMILES string of the molecule is Cc1cc2c(c3oc([C@@H](C)[C@@H](C)OCc4ccccc4)cc(=O)c13)C(=O)c1c(OC(C)C)cccc1C2=O. The van der Waals surface area contributed by atoms with Gasteiger partial charge in [0, 0.05) is 23.1 Å². The van der Waals surface area contributed by atoms with Crippen LogP contribution in [0.3, 0.4) is 0 Å². The second kappa shape index (κ2) is 10.0. The Bertz CT molecular complexity index is 1610. The molecule has 5 rings (SSSR count). The first-order chi connectivity index (χ1) is 18.2. The van der Waals surface area contributed by atoms with Crippen molar-refractivity contribution in [3.8, 4) is 5.75 Å². The lowest BCUT2D eigenvalue weighted by molar-refractivity contribution is 0.0340. The van der Waals surface area contributed by atoms with Crippen molar-refractivity contribution in [1.29, 1.82) is 0 Å². The van der Waals surface area contributed by atoms with Crippen LogP contribution in [0.5, 0.6) is 5.75 Å². The van der Waals surface area contributed by atoms with Crippen molar-refractivity contribution >= 4 is 22.5 Å². The molecule has 0 radical (unpaired) electrons. The minimum absolute atomic E-state index is 0.104. The van der Waals surface area contributed by atoms with Crippen molar-refractivity contribution in [3.05, 3.63) is 110 Å². The summed E-state index contributed by atoms with van der Waals surface area (Å²) >= 11 is 0. The van der Waals surface area contributed by atoms with E-state index in [9.17, 15) is 14.4 Å². The summed E-state index contributed by atoms with van der Waals surface area (Å²) in [7, 11) is 0. The Kier molecular flexibility index (Phi) is 6.76. The number of carbonyl (C=O) groups excluding carboxylic acids is 2. The number of fused-ring (bicyclic) bond motifs is 4. The van der Waals surface area contributed by atoms with Crippen molar-refractivity contribution in [1.82, 2.24) is 0 Å². The molecule has 0 unspecified atom stereocenters. The van der Waals surface area contributed by atoms with Crippen molar-refractivity contribution < 1.29 is 23.5 Å². The maximum Gasteiger partial charge on any atom is 0.202 e. The lowest BCUT2D eigenvalue weighted by Gasteiger charge is -2.24. The summed E-state index contributed by atoms with van der Waals surface area (Å²) in [5.41, 5.74) is 2.31. The predicted molar refractivity (Wildman–Crippen MR) is 145 cm³/mol. The fourth-order valence-corrected chi connectivity index (χ4v) is 4.93.